The summed E-state index contributed by atoms with van der Waals surface area (Å²) in [6, 6.07) is 5.66. The number of aryl methyl sites for hydroxylation is 1. The second kappa shape index (κ2) is 5.34. The van der Waals surface area contributed by atoms with E-state index in [1.54, 1.807) is 0 Å². The highest BCUT2D eigenvalue weighted by Gasteiger charge is 2.04. The van der Waals surface area contributed by atoms with Gasteiger partial charge in [-0.2, -0.15) is 0 Å². The van der Waals surface area contributed by atoms with Gasteiger partial charge in [-0.3, -0.25) is 10.1 Å². The van der Waals surface area contributed by atoms with Crippen LogP contribution >= 0.6 is 0 Å². The first-order valence-electron chi connectivity index (χ1n) is 4.97. The van der Waals surface area contributed by atoms with Gasteiger partial charge >= 0.3 is 0 Å². The van der Waals surface area contributed by atoms with E-state index >= 15 is 0 Å². The zero-order valence-electron chi connectivity index (χ0n) is 9.03. The number of nitro groups is 1. The SMILES string of the molecule is CCOc1ccc(CC[N+](=O)[O-])c(C)c1. The number of benzene rings is 1. The molecule has 0 aromatic heterocycles. The molecule has 0 unspecified atom stereocenters. The highest BCUT2D eigenvalue weighted by molar-refractivity contribution is 5.34. The van der Waals surface area contributed by atoms with Gasteiger partial charge in [0.15, 0.2) is 0 Å². The Kier molecular flexibility index (Phi) is 4.09. The van der Waals surface area contributed by atoms with E-state index in [-0.39, 0.29) is 11.5 Å². The van der Waals surface area contributed by atoms with E-state index in [4.69, 9.17) is 4.74 Å². The maximum Gasteiger partial charge on any atom is 0.207 e. The molecule has 0 fully saturated rings. The summed E-state index contributed by atoms with van der Waals surface area (Å²) < 4.78 is 5.33. The Morgan fingerprint density at radius 3 is 2.73 bits per heavy atom. The van der Waals surface area contributed by atoms with Crippen LogP contribution in [-0.4, -0.2) is 18.1 Å². The lowest BCUT2D eigenvalue weighted by molar-refractivity contribution is -0.479. The Bertz CT molecular complexity index is 350. The molecule has 15 heavy (non-hydrogen) atoms. The standard InChI is InChI=1S/C11H15NO3/c1-3-15-11-5-4-10(9(2)8-11)6-7-12(13)14/h4-5,8H,3,6-7H2,1-2H3. The topological polar surface area (TPSA) is 52.4 Å². The van der Waals surface area contributed by atoms with Crippen LogP contribution in [0.4, 0.5) is 0 Å². The predicted octanol–water partition coefficient (Wildman–Crippen LogP) is 2.21. The van der Waals surface area contributed by atoms with Gasteiger partial charge in [-0.25, -0.2) is 0 Å². The third-order valence-electron chi connectivity index (χ3n) is 2.19. The van der Waals surface area contributed by atoms with Gasteiger partial charge < -0.3 is 4.74 Å². The summed E-state index contributed by atoms with van der Waals surface area (Å²) in [7, 11) is 0. The fraction of sp³-hybridized carbons (Fsp3) is 0.455. The lowest BCUT2D eigenvalue weighted by atomic mass is 10.1. The van der Waals surface area contributed by atoms with Gasteiger partial charge in [-0.05, 0) is 37.1 Å². The van der Waals surface area contributed by atoms with E-state index in [1.807, 2.05) is 32.0 Å². The van der Waals surface area contributed by atoms with Crippen LogP contribution in [0.25, 0.3) is 0 Å². The number of nitrogens with zero attached hydrogens (tertiary/aromatic N) is 1. The first-order valence-corrected chi connectivity index (χ1v) is 4.97. The number of ether oxygens (including phenoxy) is 1. The molecule has 0 aliphatic carbocycles. The summed E-state index contributed by atoms with van der Waals surface area (Å²) in [5, 5.41) is 10.2. The average Bonchev–Trinajstić information content (AvgIpc) is 2.17. The Morgan fingerprint density at radius 2 is 2.20 bits per heavy atom. The van der Waals surface area contributed by atoms with Crippen LogP contribution in [0.3, 0.4) is 0 Å². The fourth-order valence-electron chi connectivity index (χ4n) is 1.42. The number of hydrogen-bond acceptors (Lipinski definition) is 3. The minimum Gasteiger partial charge on any atom is -0.494 e. The van der Waals surface area contributed by atoms with Crippen LogP contribution in [0.15, 0.2) is 18.2 Å². The van der Waals surface area contributed by atoms with Gasteiger partial charge in [0.2, 0.25) is 6.54 Å². The van der Waals surface area contributed by atoms with E-state index in [0.717, 1.165) is 16.9 Å². The van der Waals surface area contributed by atoms with Crippen molar-refractivity contribution in [2.45, 2.75) is 20.3 Å². The van der Waals surface area contributed by atoms with Gasteiger partial charge in [0.25, 0.3) is 0 Å². The van der Waals surface area contributed by atoms with Crippen molar-refractivity contribution in [3.8, 4) is 5.75 Å². The molecule has 4 nitrogen and oxygen atoms in total. The monoisotopic (exact) mass is 209 g/mol. The number of rotatable bonds is 5. The zero-order chi connectivity index (χ0) is 11.3. The van der Waals surface area contributed by atoms with Crippen molar-refractivity contribution in [3.63, 3.8) is 0 Å². The summed E-state index contributed by atoms with van der Waals surface area (Å²) in [4.78, 5) is 9.94. The number of hydrogen-bond donors (Lipinski definition) is 0. The van der Waals surface area contributed by atoms with Gasteiger partial charge in [-0.15, -0.1) is 0 Å². The molecule has 0 aliphatic heterocycles. The largest absolute Gasteiger partial charge is 0.494 e. The smallest absolute Gasteiger partial charge is 0.207 e. The molecule has 0 saturated carbocycles. The molecule has 0 bridgehead atoms. The van der Waals surface area contributed by atoms with Crippen molar-refractivity contribution in [2.24, 2.45) is 0 Å². The molecular weight excluding hydrogens is 194 g/mol. The van der Waals surface area contributed by atoms with Gasteiger partial charge in [0.1, 0.15) is 5.75 Å². The first kappa shape index (κ1) is 11.5. The molecular formula is C11H15NO3. The van der Waals surface area contributed by atoms with Crippen molar-refractivity contribution < 1.29 is 9.66 Å². The van der Waals surface area contributed by atoms with Crippen molar-refractivity contribution in [3.05, 3.63) is 39.4 Å². The van der Waals surface area contributed by atoms with Crippen LogP contribution in [0.5, 0.6) is 5.75 Å². The van der Waals surface area contributed by atoms with E-state index in [9.17, 15) is 10.1 Å². The minimum atomic E-state index is -0.296. The normalized spacial score (nSPS) is 10.0. The Balaban J connectivity index is 2.70. The molecule has 0 amide bonds. The van der Waals surface area contributed by atoms with Crippen molar-refractivity contribution in [1.82, 2.24) is 0 Å². The van der Waals surface area contributed by atoms with Crippen LogP contribution in [0.2, 0.25) is 0 Å². The molecule has 0 spiro atoms. The van der Waals surface area contributed by atoms with Crippen LogP contribution in [-0.2, 0) is 6.42 Å². The molecule has 0 aliphatic rings. The minimum absolute atomic E-state index is 0.0190. The summed E-state index contributed by atoms with van der Waals surface area (Å²) in [5.74, 6) is 0.819. The van der Waals surface area contributed by atoms with Crippen LogP contribution in [0.1, 0.15) is 18.1 Å². The molecule has 0 saturated heterocycles. The quantitative estimate of drug-likeness (QED) is 0.552. The molecule has 1 aromatic rings. The second-order valence-corrected chi connectivity index (χ2v) is 3.33. The lowest BCUT2D eigenvalue weighted by Gasteiger charge is -2.07. The lowest BCUT2D eigenvalue weighted by Crippen LogP contribution is -2.05. The van der Waals surface area contributed by atoms with Crippen molar-refractivity contribution in [2.75, 3.05) is 13.2 Å². The highest BCUT2D eigenvalue weighted by atomic mass is 16.6. The van der Waals surface area contributed by atoms with Gasteiger partial charge in [0.05, 0.1) is 6.61 Å². The maximum absolute atomic E-state index is 10.2. The molecule has 4 heteroatoms. The molecule has 1 rings (SSSR count). The van der Waals surface area contributed by atoms with Crippen molar-refractivity contribution in [1.29, 1.82) is 0 Å². The molecule has 82 valence electrons. The Hall–Kier alpha value is -1.58. The van der Waals surface area contributed by atoms with Crippen LogP contribution in [0, 0.1) is 17.0 Å². The predicted molar refractivity (Wildman–Crippen MR) is 57.9 cm³/mol. The van der Waals surface area contributed by atoms with Crippen molar-refractivity contribution >= 4 is 0 Å². The molecule has 0 atom stereocenters. The molecule has 1 aromatic carbocycles. The first-order chi connectivity index (χ1) is 7.13. The van der Waals surface area contributed by atoms with Gasteiger partial charge in [-0.1, -0.05) is 6.07 Å². The zero-order valence-corrected chi connectivity index (χ0v) is 9.03. The third-order valence-corrected chi connectivity index (χ3v) is 2.19. The Morgan fingerprint density at radius 1 is 1.47 bits per heavy atom. The molecule has 0 N–H and O–H groups in total. The maximum atomic E-state index is 10.2. The third kappa shape index (κ3) is 3.58. The van der Waals surface area contributed by atoms with E-state index in [1.165, 1.54) is 0 Å². The Labute approximate surface area is 89.0 Å². The summed E-state index contributed by atoms with van der Waals surface area (Å²) in [5.41, 5.74) is 2.05. The molecule has 0 radical (unpaired) electrons. The highest BCUT2D eigenvalue weighted by Crippen LogP contribution is 2.17. The van der Waals surface area contributed by atoms with E-state index in [2.05, 4.69) is 0 Å². The van der Waals surface area contributed by atoms with Gasteiger partial charge in [0, 0.05) is 11.3 Å². The average molecular weight is 209 g/mol. The second-order valence-electron chi connectivity index (χ2n) is 3.33. The summed E-state index contributed by atoms with van der Waals surface area (Å²) >= 11 is 0. The van der Waals surface area contributed by atoms with E-state index < -0.39 is 0 Å². The molecule has 0 heterocycles. The van der Waals surface area contributed by atoms with E-state index in [0.29, 0.717) is 13.0 Å². The summed E-state index contributed by atoms with van der Waals surface area (Å²) in [6.45, 7) is 4.48. The summed E-state index contributed by atoms with van der Waals surface area (Å²) in [6.07, 6.45) is 0.477. The van der Waals surface area contributed by atoms with Crippen LogP contribution < -0.4 is 4.74 Å². The fourth-order valence-corrected chi connectivity index (χ4v) is 1.42.